The fourth-order valence-corrected chi connectivity index (χ4v) is 1.63. The van der Waals surface area contributed by atoms with E-state index in [9.17, 15) is 4.39 Å². The molecule has 0 spiro atoms. The van der Waals surface area contributed by atoms with Gasteiger partial charge in [-0.2, -0.15) is 0 Å². The molecule has 0 fully saturated rings. The Morgan fingerprint density at radius 2 is 2.14 bits per heavy atom. The molecular weight excluding hydrogens is 274 g/mol. The lowest BCUT2D eigenvalue weighted by molar-refractivity contribution is 0.559. The van der Waals surface area contributed by atoms with E-state index in [4.69, 9.17) is 16.0 Å². The molecule has 2 aromatic rings. The quantitative estimate of drug-likeness (QED) is 0.803. The lowest BCUT2D eigenvalue weighted by Gasteiger charge is -1.99. The second kappa shape index (κ2) is 3.67. The Kier molecular flexibility index (Phi) is 2.52. The van der Waals surface area contributed by atoms with Crippen LogP contribution < -0.4 is 0 Å². The zero-order valence-corrected chi connectivity index (χ0v) is 9.01. The van der Waals surface area contributed by atoms with E-state index in [1.54, 1.807) is 12.1 Å². The smallest absolute Gasteiger partial charge is 0.313 e. The highest BCUT2D eigenvalue weighted by molar-refractivity contribution is 9.10. The molecule has 0 aliphatic heterocycles. The summed E-state index contributed by atoms with van der Waals surface area (Å²) in [6.07, 6.45) is 0. The number of hydrogen-bond acceptors (Lipinski definition) is 3. The molecule has 14 heavy (non-hydrogen) atoms. The maximum Gasteiger partial charge on any atom is 0.313 e. The van der Waals surface area contributed by atoms with Crippen LogP contribution in [0, 0.1) is 5.82 Å². The molecular formula is C8H3BrClFN2O. The van der Waals surface area contributed by atoms with Gasteiger partial charge in [-0.3, -0.25) is 0 Å². The van der Waals surface area contributed by atoms with Crippen molar-refractivity contribution in [1.82, 2.24) is 10.2 Å². The van der Waals surface area contributed by atoms with E-state index < -0.39 is 5.82 Å². The van der Waals surface area contributed by atoms with Crippen molar-refractivity contribution in [2.75, 3.05) is 0 Å². The zero-order chi connectivity index (χ0) is 10.1. The van der Waals surface area contributed by atoms with Crippen LogP contribution in [0.25, 0.3) is 11.5 Å². The highest BCUT2D eigenvalue weighted by Gasteiger charge is 2.15. The summed E-state index contributed by atoms with van der Waals surface area (Å²) < 4.78 is 18.8. The van der Waals surface area contributed by atoms with Gasteiger partial charge in [0.1, 0.15) is 5.82 Å². The van der Waals surface area contributed by atoms with Gasteiger partial charge in [-0.1, -0.05) is 11.2 Å². The van der Waals surface area contributed by atoms with Gasteiger partial charge in [0.2, 0.25) is 0 Å². The average molecular weight is 277 g/mol. The lowest BCUT2D eigenvalue weighted by Crippen LogP contribution is -1.85. The first kappa shape index (κ1) is 9.61. The number of rotatable bonds is 1. The first-order chi connectivity index (χ1) is 6.68. The van der Waals surface area contributed by atoms with Gasteiger partial charge in [-0.25, -0.2) is 4.39 Å². The minimum Gasteiger partial charge on any atom is -0.407 e. The predicted octanol–water partition coefficient (Wildman–Crippen LogP) is 3.29. The van der Waals surface area contributed by atoms with Gasteiger partial charge in [0.15, 0.2) is 0 Å². The molecule has 1 aromatic heterocycles. The summed E-state index contributed by atoms with van der Waals surface area (Å²) in [5.41, 5.74) is 0.215. The Hall–Kier alpha value is -0.940. The Morgan fingerprint density at radius 3 is 2.71 bits per heavy atom. The largest absolute Gasteiger partial charge is 0.407 e. The third-order valence-electron chi connectivity index (χ3n) is 1.58. The molecule has 0 N–H and O–H groups in total. The maximum absolute atomic E-state index is 13.3. The fourth-order valence-electron chi connectivity index (χ4n) is 1.01. The summed E-state index contributed by atoms with van der Waals surface area (Å²) in [7, 11) is 0. The number of nitrogens with zero attached hydrogens (tertiary/aromatic N) is 2. The standard InChI is InChI=1S/C8H3BrClFN2O/c9-4-2-1-3-5(11)6(4)7-12-13-8(10)14-7/h1-3H. The van der Waals surface area contributed by atoms with Crippen LogP contribution in [0.2, 0.25) is 5.35 Å². The van der Waals surface area contributed by atoms with Crippen LogP contribution in [0.3, 0.4) is 0 Å². The Balaban J connectivity index is 2.61. The number of hydrogen-bond donors (Lipinski definition) is 0. The van der Waals surface area contributed by atoms with Crippen LogP contribution in [0.1, 0.15) is 0 Å². The summed E-state index contributed by atoms with van der Waals surface area (Å²) >= 11 is 8.62. The van der Waals surface area contributed by atoms with Gasteiger partial charge in [-0.15, -0.1) is 5.10 Å². The number of aromatic nitrogens is 2. The third kappa shape index (κ3) is 1.65. The highest BCUT2D eigenvalue weighted by Crippen LogP contribution is 2.30. The minimum absolute atomic E-state index is 0.0555. The maximum atomic E-state index is 13.3. The molecule has 1 heterocycles. The molecule has 0 saturated carbocycles. The van der Waals surface area contributed by atoms with Gasteiger partial charge in [0.05, 0.1) is 5.56 Å². The van der Waals surface area contributed by atoms with Crippen LogP contribution >= 0.6 is 27.5 Å². The predicted molar refractivity (Wildman–Crippen MR) is 52.4 cm³/mol. The third-order valence-corrected chi connectivity index (χ3v) is 2.39. The molecule has 3 nitrogen and oxygen atoms in total. The summed E-state index contributed by atoms with van der Waals surface area (Å²) in [5.74, 6) is -0.389. The molecule has 0 amide bonds. The van der Waals surface area contributed by atoms with Crippen LogP contribution in [0.15, 0.2) is 27.1 Å². The van der Waals surface area contributed by atoms with E-state index in [0.29, 0.717) is 4.47 Å². The van der Waals surface area contributed by atoms with Crippen molar-refractivity contribution in [3.63, 3.8) is 0 Å². The van der Waals surface area contributed by atoms with Gasteiger partial charge >= 0.3 is 5.35 Å². The van der Waals surface area contributed by atoms with E-state index >= 15 is 0 Å². The van der Waals surface area contributed by atoms with E-state index in [2.05, 4.69) is 26.1 Å². The Morgan fingerprint density at radius 1 is 1.36 bits per heavy atom. The summed E-state index contributed by atoms with van der Waals surface area (Å²) in [6, 6.07) is 4.55. The van der Waals surface area contributed by atoms with Gasteiger partial charge < -0.3 is 4.42 Å². The molecule has 0 unspecified atom stereocenters. The molecule has 0 bridgehead atoms. The molecule has 0 aliphatic carbocycles. The first-order valence-corrected chi connectivity index (χ1v) is 4.79. The van der Waals surface area contributed by atoms with Crippen molar-refractivity contribution in [2.45, 2.75) is 0 Å². The summed E-state index contributed by atoms with van der Waals surface area (Å²) in [4.78, 5) is 0. The van der Waals surface area contributed by atoms with E-state index in [1.807, 2.05) is 0 Å². The van der Waals surface area contributed by atoms with Crippen molar-refractivity contribution in [1.29, 1.82) is 0 Å². The number of halogens is 3. The van der Waals surface area contributed by atoms with E-state index in [1.165, 1.54) is 6.07 Å². The average Bonchev–Trinajstić information content (AvgIpc) is 2.51. The van der Waals surface area contributed by atoms with Gasteiger partial charge in [-0.05, 0) is 39.7 Å². The van der Waals surface area contributed by atoms with E-state index in [0.717, 1.165) is 0 Å². The van der Waals surface area contributed by atoms with Crippen LogP contribution in [-0.4, -0.2) is 10.2 Å². The normalized spacial score (nSPS) is 10.5. The molecule has 0 radical (unpaired) electrons. The van der Waals surface area contributed by atoms with Crippen molar-refractivity contribution in [2.24, 2.45) is 0 Å². The molecule has 72 valence electrons. The second-order valence-corrected chi connectivity index (χ2v) is 3.63. The SMILES string of the molecule is Fc1cccc(Br)c1-c1nnc(Cl)o1. The van der Waals surface area contributed by atoms with Crippen LogP contribution in [0.4, 0.5) is 4.39 Å². The fraction of sp³-hybridized carbons (Fsp3) is 0. The Labute approximate surface area is 92.0 Å². The van der Waals surface area contributed by atoms with Gasteiger partial charge in [0.25, 0.3) is 5.89 Å². The minimum atomic E-state index is -0.445. The molecule has 2 rings (SSSR count). The number of benzene rings is 1. The monoisotopic (exact) mass is 276 g/mol. The lowest BCUT2D eigenvalue weighted by atomic mass is 10.2. The zero-order valence-electron chi connectivity index (χ0n) is 6.67. The molecule has 0 saturated heterocycles. The first-order valence-electron chi connectivity index (χ1n) is 3.62. The van der Waals surface area contributed by atoms with E-state index in [-0.39, 0.29) is 16.8 Å². The van der Waals surface area contributed by atoms with Crippen molar-refractivity contribution in [3.8, 4) is 11.5 Å². The molecule has 1 aromatic carbocycles. The van der Waals surface area contributed by atoms with Crippen LogP contribution in [-0.2, 0) is 0 Å². The molecule has 0 aliphatic rings. The molecule has 6 heteroatoms. The Bertz CT molecular complexity index is 454. The molecule has 0 atom stereocenters. The van der Waals surface area contributed by atoms with Crippen molar-refractivity contribution in [3.05, 3.63) is 33.8 Å². The van der Waals surface area contributed by atoms with Crippen LogP contribution in [0.5, 0.6) is 0 Å². The van der Waals surface area contributed by atoms with Crippen molar-refractivity contribution >= 4 is 27.5 Å². The second-order valence-electron chi connectivity index (χ2n) is 2.46. The topological polar surface area (TPSA) is 38.9 Å². The summed E-state index contributed by atoms with van der Waals surface area (Å²) in [6.45, 7) is 0. The highest BCUT2D eigenvalue weighted by atomic mass is 79.9. The summed E-state index contributed by atoms with van der Waals surface area (Å²) in [5, 5.41) is 6.91. The van der Waals surface area contributed by atoms with Crippen molar-refractivity contribution < 1.29 is 8.81 Å². The van der Waals surface area contributed by atoms with Gasteiger partial charge in [0, 0.05) is 4.47 Å².